The first-order valence-electron chi connectivity index (χ1n) is 1.99. The van der Waals surface area contributed by atoms with Crippen LogP contribution in [0.3, 0.4) is 0 Å². The summed E-state index contributed by atoms with van der Waals surface area (Å²) in [5.74, 6) is 0. The van der Waals surface area contributed by atoms with E-state index in [4.69, 9.17) is 4.74 Å². The number of hydrogen-bond donors (Lipinski definition) is 0. The zero-order valence-electron chi connectivity index (χ0n) is 3.82. The van der Waals surface area contributed by atoms with Crippen LogP contribution in [0.5, 0.6) is 0 Å². The zero-order valence-corrected chi connectivity index (χ0v) is 3.82. The molecule has 0 aromatic heterocycles. The quantitative estimate of drug-likeness (QED) is 0.427. The maximum absolute atomic E-state index is 4.83. The van der Waals surface area contributed by atoms with E-state index in [1.807, 2.05) is 13.8 Å². The summed E-state index contributed by atoms with van der Waals surface area (Å²) >= 11 is 0. The van der Waals surface area contributed by atoms with Gasteiger partial charge < -0.3 is 4.74 Å². The molecule has 1 nitrogen and oxygen atoms in total. The van der Waals surface area contributed by atoms with Crippen LogP contribution in [0.15, 0.2) is 0 Å². The van der Waals surface area contributed by atoms with Gasteiger partial charge in [-0.25, -0.2) is 0 Å². The molecule has 0 aromatic carbocycles. The van der Waals surface area contributed by atoms with Crippen LogP contribution in [0.25, 0.3) is 0 Å². The predicted octanol–water partition coefficient (Wildman–Crippen LogP) is -0.141. The molecule has 6 heavy (non-hydrogen) atoms. The van der Waals surface area contributed by atoms with Crippen molar-refractivity contribution in [1.29, 1.82) is 0 Å². The van der Waals surface area contributed by atoms with Crippen LogP contribution in [0, 0.1) is 0 Å². The lowest BCUT2D eigenvalue weighted by atomic mass is 10.8. The monoisotopic (exact) mass is 88.1 g/mol. The highest BCUT2D eigenvalue weighted by atomic mass is 16.5. The molecule has 0 saturated carbocycles. The number of ether oxygens (including phenoxy) is 1. The van der Waals surface area contributed by atoms with Gasteiger partial charge in [0, 0.05) is 13.2 Å². The Labute approximate surface area is 41.3 Å². The fourth-order valence-electron chi connectivity index (χ4n) is 0.204. The summed E-state index contributed by atoms with van der Waals surface area (Å²) in [6, 6.07) is 0. The Morgan fingerprint density at radius 3 is 1.50 bits per heavy atom. The summed E-state index contributed by atoms with van der Waals surface area (Å²) in [4.78, 5) is 0. The highest BCUT2D eigenvalue weighted by molar-refractivity contribution is 5.75. The SMILES string of the molecule is B.CCOCC. The van der Waals surface area contributed by atoms with Crippen molar-refractivity contribution < 1.29 is 4.74 Å². The lowest BCUT2D eigenvalue weighted by Gasteiger charge is -1.86. The molecule has 0 saturated heterocycles. The van der Waals surface area contributed by atoms with Crippen molar-refractivity contribution in [2.24, 2.45) is 0 Å². The highest BCUT2D eigenvalue weighted by Crippen LogP contribution is 1.64. The van der Waals surface area contributed by atoms with Crippen LogP contribution in [0.2, 0.25) is 0 Å². The molecule has 2 heteroatoms. The second-order valence-corrected chi connectivity index (χ2v) is 0.781. The van der Waals surface area contributed by atoms with Crippen LogP contribution in [0.1, 0.15) is 13.8 Å². The van der Waals surface area contributed by atoms with Crippen molar-refractivity contribution in [3.8, 4) is 0 Å². The Hall–Kier alpha value is 0.0249. The van der Waals surface area contributed by atoms with E-state index in [0.29, 0.717) is 0 Å². The minimum Gasteiger partial charge on any atom is -0.382 e. The molecule has 0 heterocycles. The summed E-state index contributed by atoms with van der Waals surface area (Å²) in [7, 11) is 0. The van der Waals surface area contributed by atoms with Gasteiger partial charge in [0.2, 0.25) is 0 Å². The molecule has 0 aliphatic rings. The lowest BCUT2D eigenvalue weighted by Crippen LogP contribution is -1.84. The third-order valence-corrected chi connectivity index (χ3v) is 0.408. The molecule has 0 radical (unpaired) electrons. The summed E-state index contributed by atoms with van der Waals surface area (Å²) in [6.45, 7) is 5.67. The van der Waals surface area contributed by atoms with Gasteiger partial charge in [0.05, 0.1) is 8.41 Å². The average Bonchev–Trinajstić information content (AvgIpc) is 1.41. The normalized spacial score (nSPS) is 7.00. The minimum atomic E-state index is 0. The average molecular weight is 88.0 g/mol. The van der Waals surface area contributed by atoms with E-state index in [-0.39, 0.29) is 8.41 Å². The van der Waals surface area contributed by atoms with E-state index in [2.05, 4.69) is 0 Å². The van der Waals surface area contributed by atoms with Crippen molar-refractivity contribution in [2.45, 2.75) is 13.8 Å². The molecule has 0 atom stereocenters. The summed E-state index contributed by atoms with van der Waals surface area (Å²) < 4.78 is 4.83. The second kappa shape index (κ2) is 8.90. The Balaban J connectivity index is 0. The van der Waals surface area contributed by atoms with E-state index in [1.54, 1.807) is 0 Å². The maximum atomic E-state index is 4.83. The van der Waals surface area contributed by atoms with Gasteiger partial charge in [-0.2, -0.15) is 0 Å². The van der Waals surface area contributed by atoms with E-state index >= 15 is 0 Å². The number of rotatable bonds is 2. The van der Waals surface area contributed by atoms with Crippen molar-refractivity contribution in [3.63, 3.8) is 0 Å². The molecule has 0 unspecified atom stereocenters. The van der Waals surface area contributed by atoms with E-state index in [0.717, 1.165) is 13.2 Å². The zero-order chi connectivity index (χ0) is 4.12. The summed E-state index contributed by atoms with van der Waals surface area (Å²) in [5.41, 5.74) is 0. The first-order valence-corrected chi connectivity index (χ1v) is 1.99. The molecule has 0 N–H and O–H groups in total. The molecule has 0 spiro atoms. The molecule has 0 aliphatic carbocycles. The molecule has 0 bridgehead atoms. The predicted molar refractivity (Wildman–Crippen MR) is 32.1 cm³/mol. The fourth-order valence-corrected chi connectivity index (χ4v) is 0.204. The van der Waals surface area contributed by atoms with Gasteiger partial charge in [-0.3, -0.25) is 0 Å². The van der Waals surface area contributed by atoms with E-state index in [9.17, 15) is 0 Å². The molecule has 0 fully saturated rings. The molecule has 0 aromatic rings. The van der Waals surface area contributed by atoms with Crippen LogP contribution in [-0.4, -0.2) is 21.6 Å². The van der Waals surface area contributed by atoms with Gasteiger partial charge >= 0.3 is 0 Å². The topological polar surface area (TPSA) is 9.23 Å². The third-order valence-electron chi connectivity index (χ3n) is 0.408. The lowest BCUT2D eigenvalue weighted by molar-refractivity contribution is 0.162. The standard InChI is InChI=1S/C4H10O.BH3/c1-3-5-4-2;/h3-4H2,1-2H3;1H3. The van der Waals surface area contributed by atoms with Gasteiger partial charge in [-0.05, 0) is 13.8 Å². The first-order chi connectivity index (χ1) is 2.41. The van der Waals surface area contributed by atoms with Crippen molar-refractivity contribution in [2.75, 3.05) is 13.2 Å². The Morgan fingerprint density at radius 1 is 1.17 bits per heavy atom. The van der Waals surface area contributed by atoms with Gasteiger partial charge in [-0.15, -0.1) is 0 Å². The third kappa shape index (κ3) is 8.98. The molecule has 0 amide bonds. The van der Waals surface area contributed by atoms with Gasteiger partial charge in [0.15, 0.2) is 0 Å². The maximum Gasteiger partial charge on any atom is 0.0814 e. The van der Waals surface area contributed by atoms with Crippen LogP contribution in [-0.2, 0) is 4.74 Å². The van der Waals surface area contributed by atoms with Crippen molar-refractivity contribution in [1.82, 2.24) is 0 Å². The van der Waals surface area contributed by atoms with Crippen LogP contribution in [0.4, 0.5) is 0 Å². The molecular weight excluding hydrogens is 74.9 g/mol. The highest BCUT2D eigenvalue weighted by Gasteiger charge is 1.64. The second-order valence-electron chi connectivity index (χ2n) is 0.781. The van der Waals surface area contributed by atoms with Crippen molar-refractivity contribution in [3.05, 3.63) is 0 Å². The number of hydrogen-bond acceptors (Lipinski definition) is 1. The molecular formula is C4H13BO. The Morgan fingerprint density at radius 2 is 1.50 bits per heavy atom. The van der Waals surface area contributed by atoms with Gasteiger partial charge in [0.25, 0.3) is 0 Å². The van der Waals surface area contributed by atoms with Crippen LogP contribution >= 0.6 is 0 Å². The Kier molecular flexibility index (Phi) is 13.9. The van der Waals surface area contributed by atoms with Gasteiger partial charge in [0.1, 0.15) is 0 Å². The first kappa shape index (κ1) is 9.39. The summed E-state index contributed by atoms with van der Waals surface area (Å²) in [6.07, 6.45) is 0. The Bertz CT molecular complexity index is 15.0. The van der Waals surface area contributed by atoms with E-state index in [1.165, 1.54) is 0 Å². The molecule has 0 rings (SSSR count). The minimum absolute atomic E-state index is 0. The fraction of sp³-hybridized carbons (Fsp3) is 1.00. The van der Waals surface area contributed by atoms with Gasteiger partial charge in [-0.1, -0.05) is 0 Å². The molecule has 38 valence electrons. The van der Waals surface area contributed by atoms with Crippen molar-refractivity contribution >= 4 is 8.41 Å². The molecule has 0 aliphatic heterocycles. The largest absolute Gasteiger partial charge is 0.382 e. The summed E-state index contributed by atoms with van der Waals surface area (Å²) in [5, 5.41) is 0. The van der Waals surface area contributed by atoms with E-state index < -0.39 is 0 Å². The smallest absolute Gasteiger partial charge is 0.0814 e. The van der Waals surface area contributed by atoms with Crippen LogP contribution < -0.4 is 0 Å².